The van der Waals surface area contributed by atoms with Crippen LogP contribution in [0.5, 0.6) is 11.5 Å². The molecule has 35 heavy (non-hydrogen) atoms. The molecule has 1 fully saturated rings. The molecule has 2 aromatic carbocycles. The molecule has 6 nitrogen and oxygen atoms in total. The molecule has 1 aliphatic heterocycles. The van der Waals surface area contributed by atoms with E-state index in [0.717, 1.165) is 34.2 Å². The van der Waals surface area contributed by atoms with Gasteiger partial charge in [-0.1, -0.05) is 17.7 Å². The second kappa shape index (κ2) is 9.98. The van der Waals surface area contributed by atoms with Gasteiger partial charge >= 0.3 is 0 Å². The summed E-state index contributed by atoms with van der Waals surface area (Å²) in [5, 5.41) is 4.49. The number of benzene rings is 2. The molecule has 2 aromatic heterocycles. The molecular weight excluding hydrogens is 482 g/mol. The van der Waals surface area contributed by atoms with E-state index in [-0.39, 0.29) is 12.1 Å². The Balaban J connectivity index is 1.55. The molecule has 0 unspecified atom stereocenters. The van der Waals surface area contributed by atoms with Gasteiger partial charge in [-0.2, -0.15) is 0 Å². The number of nitrogens with one attached hydrogen (secondary N) is 1. The predicted octanol–water partition coefficient (Wildman–Crippen LogP) is 6.58. The Kier molecular flexibility index (Phi) is 6.61. The highest BCUT2D eigenvalue weighted by atomic mass is 35.5. The van der Waals surface area contributed by atoms with Crippen molar-refractivity contribution in [2.24, 2.45) is 0 Å². The Morgan fingerprint density at radius 3 is 2.60 bits per heavy atom. The molecule has 178 valence electrons. The largest absolute Gasteiger partial charge is 0.495 e. The minimum Gasteiger partial charge on any atom is -0.495 e. The summed E-state index contributed by atoms with van der Waals surface area (Å²) in [5.41, 5.74) is 2.65. The van der Waals surface area contributed by atoms with Crippen LogP contribution in [0.3, 0.4) is 0 Å². The zero-order chi connectivity index (χ0) is 24.4. The summed E-state index contributed by atoms with van der Waals surface area (Å²) in [6, 6.07) is 22.8. The molecule has 1 N–H and O–H groups in total. The Morgan fingerprint density at radius 2 is 1.91 bits per heavy atom. The van der Waals surface area contributed by atoms with Crippen LogP contribution < -0.4 is 19.7 Å². The predicted molar refractivity (Wildman–Crippen MR) is 141 cm³/mol. The van der Waals surface area contributed by atoms with Gasteiger partial charge in [-0.05, 0) is 85.9 Å². The van der Waals surface area contributed by atoms with Gasteiger partial charge in [0, 0.05) is 17.4 Å². The van der Waals surface area contributed by atoms with Crippen LogP contribution in [0.4, 0.5) is 5.69 Å². The van der Waals surface area contributed by atoms with Crippen molar-refractivity contribution in [3.8, 4) is 22.8 Å². The number of ether oxygens (including phenoxy) is 2. The zero-order valence-corrected chi connectivity index (χ0v) is 20.8. The first-order valence-corrected chi connectivity index (χ1v) is 12.0. The van der Waals surface area contributed by atoms with E-state index < -0.39 is 0 Å². The maximum atomic E-state index is 6.46. The number of pyridine rings is 1. The molecule has 5 rings (SSSR count). The maximum absolute atomic E-state index is 6.46. The molecule has 0 radical (unpaired) electrons. The number of nitrogens with zero attached hydrogens (tertiary/aromatic N) is 2. The molecule has 0 spiro atoms. The zero-order valence-electron chi connectivity index (χ0n) is 19.3. The lowest BCUT2D eigenvalue weighted by atomic mass is 10.0. The van der Waals surface area contributed by atoms with Crippen molar-refractivity contribution in [1.82, 2.24) is 10.3 Å². The number of hydrogen-bond acceptors (Lipinski definition) is 5. The lowest BCUT2D eigenvalue weighted by Crippen LogP contribution is -2.29. The van der Waals surface area contributed by atoms with Crippen molar-refractivity contribution in [1.29, 1.82) is 0 Å². The van der Waals surface area contributed by atoms with Crippen LogP contribution in [0, 0.1) is 0 Å². The topological polar surface area (TPSA) is 59.8 Å². The average molecular weight is 506 g/mol. The summed E-state index contributed by atoms with van der Waals surface area (Å²) in [5.74, 6) is 2.94. The van der Waals surface area contributed by atoms with Crippen LogP contribution in [0.25, 0.3) is 11.3 Å². The van der Waals surface area contributed by atoms with E-state index >= 15 is 0 Å². The van der Waals surface area contributed by atoms with Crippen molar-refractivity contribution >= 4 is 34.6 Å². The highest BCUT2D eigenvalue weighted by Gasteiger charge is 2.42. The first-order valence-electron chi connectivity index (χ1n) is 11.3. The molecule has 3 heterocycles. The number of thiocarbonyl (C=S) groups is 1. The fourth-order valence-corrected chi connectivity index (χ4v) is 4.87. The van der Waals surface area contributed by atoms with Gasteiger partial charge in [0.15, 0.2) is 5.11 Å². The van der Waals surface area contributed by atoms with E-state index in [9.17, 15) is 0 Å². The third kappa shape index (κ3) is 4.57. The number of aromatic nitrogens is 1. The van der Waals surface area contributed by atoms with Gasteiger partial charge in [0.1, 0.15) is 29.1 Å². The number of anilines is 1. The second-order valence-corrected chi connectivity index (χ2v) is 8.77. The third-order valence-electron chi connectivity index (χ3n) is 5.88. The Labute approximate surface area is 214 Å². The maximum Gasteiger partial charge on any atom is 0.174 e. The first-order chi connectivity index (χ1) is 17.1. The fraction of sp³-hybridized carbons (Fsp3) is 0.185. The summed E-state index contributed by atoms with van der Waals surface area (Å²) >= 11 is 12.2. The number of methoxy groups -OCH3 is 1. The number of hydrogen-bond donors (Lipinski definition) is 1. The average Bonchev–Trinajstić information content (AvgIpc) is 3.50. The second-order valence-electron chi connectivity index (χ2n) is 7.97. The van der Waals surface area contributed by atoms with E-state index in [1.165, 1.54) is 0 Å². The monoisotopic (exact) mass is 505 g/mol. The molecule has 1 aliphatic rings. The van der Waals surface area contributed by atoms with E-state index in [1.807, 2.05) is 84.6 Å². The highest BCUT2D eigenvalue weighted by molar-refractivity contribution is 7.80. The Bertz CT molecular complexity index is 1330. The van der Waals surface area contributed by atoms with Crippen molar-refractivity contribution in [2.45, 2.75) is 19.0 Å². The van der Waals surface area contributed by atoms with Crippen LogP contribution in [0.2, 0.25) is 5.02 Å². The molecule has 0 saturated carbocycles. The molecule has 0 amide bonds. The minimum atomic E-state index is -0.279. The summed E-state index contributed by atoms with van der Waals surface area (Å²) in [6.45, 7) is 2.59. The van der Waals surface area contributed by atoms with Crippen LogP contribution in [0.1, 0.15) is 30.5 Å². The van der Waals surface area contributed by atoms with Crippen molar-refractivity contribution in [2.75, 3.05) is 18.6 Å². The van der Waals surface area contributed by atoms with Crippen LogP contribution in [-0.4, -0.2) is 23.8 Å². The lowest BCUT2D eigenvalue weighted by molar-refractivity contribution is 0.340. The molecule has 8 heteroatoms. The molecule has 2 atom stereocenters. The lowest BCUT2D eigenvalue weighted by Gasteiger charge is -2.26. The Morgan fingerprint density at radius 1 is 1.09 bits per heavy atom. The minimum absolute atomic E-state index is 0.219. The van der Waals surface area contributed by atoms with Gasteiger partial charge in [-0.15, -0.1) is 0 Å². The van der Waals surface area contributed by atoms with Crippen LogP contribution in [-0.2, 0) is 0 Å². The number of rotatable bonds is 7. The van der Waals surface area contributed by atoms with Crippen molar-refractivity contribution < 1.29 is 13.9 Å². The Hall–Kier alpha value is -3.55. The molecular formula is C27H24ClN3O3S. The molecule has 4 aromatic rings. The van der Waals surface area contributed by atoms with E-state index in [1.54, 1.807) is 13.3 Å². The summed E-state index contributed by atoms with van der Waals surface area (Å²) in [7, 11) is 1.59. The van der Waals surface area contributed by atoms with Gasteiger partial charge in [0.05, 0.1) is 30.5 Å². The van der Waals surface area contributed by atoms with Crippen LogP contribution in [0.15, 0.2) is 83.4 Å². The van der Waals surface area contributed by atoms with E-state index in [0.29, 0.717) is 22.5 Å². The smallest absolute Gasteiger partial charge is 0.174 e. The van der Waals surface area contributed by atoms with Gasteiger partial charge in [-0.3, -0.25) is 4.98 Å². The standard InChI is InChI=1S/C27H24ClN3O3S/c1-3-33-19-10-7-17(8-11-19)22-13-14-24(34-22)26-25(21-6-4-5-15-29-21)30-27(35)31(26)18-9-12-23(32-2)20(28)16-18/h4-16,25-26H,3H2,1-2H3,(H,30,35)/t25-,26+/m0/s1. The summed E-state index contributed by atoms with van der Waals surface area (Å²) in [6.07, 6.45) is 1.78. The molecule has 1 saturated heterocycles. The normalized spacial score (nSPS) is 17.3. The SMILES string of the molecule is CCOc1ccc(-c2ccc([C@@H]3[C@H](c4ccccn4)NC(=S)N3c3ccc(OC)c(Cl)c3)o2)cc1. The third-order valence-corrected chi connectivity index (χ3v) is 6.49. The number of halogens is 1. The van der Waals surface area contributed by atoms with Gasteiger partial charge in [0.2, 0.25) is 0 Å². The first kappa shape index (κ1) is 23.2. The number of furan rings is 1. The van der Waals surface area contributed by atoms with E-state index in [2.05, 4.69) is 10.3 Å². The summed E-state index contributed by atoms with van der Waals surface area (Å²) in [4.78, 5) is 6.60. The molecule has 0 aliphatic carbocycles. The van der Waals surface area contributed by atoms with Gasteiger partial charge < -0.3 is 24.1 Å². The molecule has 0 bridgehead atoms. The summed E-state index contributed by atoms with van der Waals surface area (Å²) < 4.78 is 17.3. The van der Waals surface area contributed by atoms with Crippen molar-refractivity contribution in [3.05, 3.63) is 95.5 Å². The van der Waals surface area contributed by atoms with Crippen molar-refractivity contribution in [3.63, 3.8) is 0 Å². The van der Waals surface area contributed by atoms with E-state index in [4.69, 9.17) is 37.7 Å². The van der Waals surface area contributed by atoms with Gasteiger partial charge in [-0.25, -0.2) is 0 Å². The van der Waals surface area contributed by atoms with Gasteiger partial charge in [0.25, 0.3) is 0 Å². The highest BCUT2D eigenvalue weighted by Crippen LogP contribution is 2.44. The van der Waals surface area contributed by atoms with Crippen LogP contribution >= 0.6 is 23.8 Å². The fourth-order valence-electron chi connectivity index (χ4n) is 4.28. The quantitative estimate of drug-likeness (QED) is 0.285.